The number of methoxy groups -OCH3 is 1. The van der Waals surface area contributed by atoms with E-state index in [0.29, 0.717) is 5.56 Å². The minimum atomic E-state index is -1.31. The topological polar surface area (TPSA) is 46.5 Å². The SMILES string of the molecule is COC1(C(=O)c2ccccc2)C=CC=CC1O. The van der Waals surface area contributed by atoms with Crippen molar-refractivity contribution < 1.29 is 14.6 Å². The Labute approximate surface area is 100 Å². The Hall–Kier alpha value is -1.71. The zero-order chi connectivity index (χ0) is 12.3. The van der Waals surface area contributed by atoms with Crippen LogP contribution in [0.4, 0.5) is 0 Å². The van der Waals surface area contributed by atoms with Gasteiger partial charge in [0, 0.05) is 12.7 Å². The van der Waals surface area contributed by atoms with E-state index < -0.39 is 11.7 Å². The zero-order valence-corrected chi connectivity index (χ0v) is 9.54. The van der Waals surface area contributed by atoms with E-state index in [0.717, 1.165) is 0 Å². The molecule has 2 atom stereocenters. The summed E-state index contributed by atoms with van der Waals surface area (Å²) in [5.74, 6) is -0.242. The minimum absolute atomic E-state index is 0.242. The molecule has 3 heteroatoms. The number of aliphatic hydroxyl groups excluding tert-OH is 1. The van der Waals surface area contributed by atoms with Crippen molar-refractivity contribution in [3.63, 3.8) is 0 Å². The molecular formula is C14H14O3. The lowest BCUT2D eigenvalue weighted by atomic mass is 9.84. The third-order valence-corrected chi connectivity index (χ3v) is 2.92. The van der Waals surface area contributed by atoms with Crippen LogP contribution in [-0.2, 0) is 4.74 Å². The van der Waals surface area contributed by atoms with Crippen LogP contribution in [0, 0.1) is 0 Å². The average Bonchev–Trinajstić information content (AvgIpc) is 2.40. The van der Waals surface area contributed by atoms with Gasteiger partial charge in [-0.25, -0.2) is 0 Å². The third-order valence-electron chi connectivity index (χ3n) is 2.92. The lowest BCUT2D eigenvalue weighted by Gasteiger charge is -2.32. The van der Waals surface area contributed by atoms with Gasteiger partial charge in [0.1, 0.15) is 6.10 Å². The molecule has 1 N–H and O–H groups in total. The van der Waals surface area contributed by atoms with Gasteiger partial charge < -0.3 is 9.84 Å². The molecule has 2 unspecified atom stereocenters. The number of ether oxygens (including phenoxy) is 1. The highest BCUT2D eigenvalue weighted by Crippen LogP contribution is 2.26. The second-order valence-corrected chi connectivity index (χ2v) is 3.88. The summed E-state index contributed by atoms with van der Waals surface area (Å²) < 4.78 is 5.27. The summed E-state index contributed by atoms with van der Waals surface area (Å²) >= 11 is 0. The van der Waals surface area contributed by atoms with E-state index in [1.807, 2.05) is 6.07 Å². The molecule has 88 valence electrons. The molecule has 0 aliphatic heterocycles. The van der Waals surface area contributed by atoms with E-state index in [4.69, 9.17) is 4.74 Å². The first kappa shape index (κ1) is 11.8. The quantitative estimate of drug-likeness (QED) is 0.804. The molecule has 0 fully saturated rings. The number of aliphatic hydroxyl groups is 1. The summed E-state index contributed by atoms with van der Waals surface area (Å²) in [6.45, 7) is 0. The molecule has 1 aromatic rings. The van der Waals surface area contributed by atoms with Crippen molar-refractivity contribution in [1.29, 1.82) is 0 Å². The van der Waals surface area contributed by atoms with Gasteiger partial charge in [-0.1, -0.05) is 48.6 Å². The first-order valence-electron chi connectivity index (χ1n) is 5.40. The smallest absolute Gasteiger partial charge is 0.201 e. The first-order valence-corrected chi connectivity index (χ1v) is 5.40. The van der Waals surface area contributed by atoms with Gasteiger partial charge in [0.15, 0.2) is 5.60 Å². The molecule has 0 spiro atoms. The number of hydrogen-bond donors (Lipinski definition) is 1. The Morgan fingerprint density at radius 1 is 1.29 bits per heavy atom. The fourth-order valence-electron chi connectivity index (χ4n) is 1.92. The Morgan fingerprint density at radius 2 is 2.00 bits per heavy atom. The average molecular weight is 230 g/mol. The highest BCUT2D eigenvalue weighted by Gasteiger charge is 2.43. The number of rotatable bonds is 3. The molecule has 0 saturated carbocycles. The number of ketones is 1. The van der Waals surface area contributed by atoms with Crippen LogP contribution in [0.2, 0.25) is 0 Å². The normalized spacial score (nSPS) is 27.1. The van der Waals surface area contributed by atoms with Crippen LogP contribution >= 0.6 is 0 Å². The van der Waals surface area contributed by atoms with Crippen LogP contribution in [0.5, 0.6) is 0 Å². The predicted molar refractivity (Wildman–Crippen MR) is 64.8 cm³/mol. The van der Waals surface area contributed by atoms with Crippen molar-refractivity contribution in [2.24, 2.45) is 0 Å². The van der Waals surface area contributed by atoms with Gasteiger partial charge in [-0.2, -0.15) is 0 Å². The van der Waals surface area contributed by atoms with E-state index >= 15 is 0 Å². The van der Waals surface area contributed by atoms with E-state index in [1.54, 1.807) is 48.6 Å². The van der Waals surface area contributed by atoms with Gasteiger partial charge in [0.2, 0.25) is 5.78 Å². The number of Topliss-reactive ketones (excluding diaryl/α,β-unsaturated/α-hetero) is 1. The molecule has 0 saturated heterocycles. The molecule has 1 aliphatic carbocycles. The largest absolute Gasteiger partial charge is 0.385 e. The second-order valence-electron chi connectivity index (χ2n) is 3.88. The standard InChI is InChI=1S/C14H14O3/c1-17-14(10-6-5-9-12(14)15)13(16)11-7-3-2-4-8-11/h2-10,12,15H,1H3. The van der Waals surface area contributed by atoms with Crippen LogP contribution in [-0.4, -0.2) is 29.7 Å². The minimum Gasteiger partial charge on any atom is -0.385 e. The van der Waals surface area contributed by atoms with Crippen LogP contribution in [0.3, 0.4) is 0 Å². The number of carbonyl (C=O) groups excluding carboxylic acids is 1. The fourth-order valence-corrected chi connectivity index (χ4v) is 1.92. The van der Waals surface area contributed by atoms with Gasteiger partial charge >= 0.3 is 0 Å². The molecule has 0 radical (unpaired) electrons. The van der Waals surface area contributed by atoms with E-state index in [2.05, 4.69) is 0 Å². The van der Waals surface area contributed by atoms with Gasteiger partial charge in [-0.15, -0.1) is 0 Å². The van der Waals surface area contributed by atoms with Crippen molar-refractivity contribution in [1.82, 2.24) is 0 Å². The number of carbonyl (C=O) groups is 1. The first-order chi connectivity index (χ1) is 8.20. The van der Waals surface area contributed by atoms with E-state index in [-0.39, 0.29) is 5.78 Å². The molecule has 0 amide bonds. The summed E-state index contributed by atoms with van der Waals surface area (Å²) in [6.07, 6.45) is 5.57. The summed E-state index contributed by atoms with van der Waals surface area (Å²) in [6, 6.07) is 8.82. The summed E-state index contributed by atoms with van der Waals surface area (Å²) in [7, 11) is 1.42. The predicted octanol–water partition coefficient (Wildman–Crippen LogP) is 1.74. The molecule has 0 heterocycles. The van der Waals surface area contributed by atoms with E-state index in [1.165, 1.54) is 7.11 Å². The number of allylic oxidation sites excluding steroid dienone is 2. The van der Waals surface area contributed by atoms with Crippen LogP contribution in [0.25, 0.3) is 0 Å². The summed E-state index contributed by atoms with van der Waals surface area (Å²) in [4.78, 5) is 12.4. The molecular weight excluding hydrogens is 216 g/mol. The molecule has 3 nitrogen and oxygen atoms in total. The third kappa shape index (κ3) is 1.95. The Bertz CT molecular complexity index is 462. The highest BCUT2D eigenvalue weighted by atomic mass is 16.5. The Balaban J connectivity index is 2.40. The molecule has 0 aromatic heterocycles. The summed E-state index contributed by atoms with van der Waals surface area (Å²) in [5, 5.41) is 9.97. The van der Waals surface area contributed by atoms with Gasteiger partial charge in [0.05, 0.1) is 0 Å². The molecule has 17 heavy (non-hydrogen) atoms. The fraction of sp³-hybridized carbons (Fsp3) is 0.214. The highest BCUT2D eigenvalue weighted by molar-refractivity contribution is 6.04. The molecule has 1 aliphatic rings. The number of hydrogen-bond acceptors (Lipinski definition) is 3. The number of benzene rings is 1. The van der Waals surface area contributed by atoms with Crippen molar-refractivity contribution in [3.8, 4) is 0 Å². The maximum absolute atomic E-state index is 12.4. The molecule has 1 aromatic carbocycles. The lowest BCUT2D eigenvalue weighted by molar-refractivity contribution is -0.0296. The molecule has 2 rings (SSSR count). The van der Waals surface area contributed by atoms with Gasteiger partial charge in [0.25, 0.3) is 0 Å². The Morgan fingerprint density at radius 3 is 2.59 bits per heavy atom. The lowest BCUT2D eigenvalue weighted by Crippen LogP contribution is -2.49. The van der Waals surface area contributed by atoms with Crippen molar-refractivity contribution in [2.45, 2.75) is 11.7 Å². The van der Waals surface area contributed by atoms with E-state index in [9.17, 15) is 9.90 Å². The maximum Gasteiger partial charge on any atom is 0.201 e. The monoisotopic (exact) mass is 230 g/mol. The molecule has 0 bridgehead atoms. The Kier molecular flexibility index (Phi) is 3.22. The van der Waals surface area contributed by atoms with Crippen LogP contribution in [0.1, 0.15) is 10.4 Å². The van der Waals surface area contributed by atoms with Crippen molar-refractivity contribution in [3.05, 3.63) is 60.2 Å². The maximum atomic E-state index is 12.4. The second kappa shape index (κ2) is 4.65. The zero-order valence-electron chi connectivity index (χ0n) is 9.54. The van der Waals surface area contributed by atoms with Gasteiger partial charge in [-0.05, 0) is 6.08 Å². The van der Waals surface area contributed by atoms with Gasteiger partial charge in [-0.3, -0.25) is 4.79 Å². The van der Waals surface area contributed by atoms with Crippen LogP contribution in [0.15, 0.2) is 54.6 Å². The van der Waals surface area contributed by atoms with Crippen molar-refractivity contribution in [2.75, 3.05) is 7.11 Å². The summed E-state index contributed by atoms with van der Waals surface area (Å²) in [5.41, 5.74) is -0.788. The van der Waals surface area contributed by atoms with Crippen molar-refractivity contribution >= 4 is 5.78 Å². The van der Waals surface area contributed by atoms with Crippen LogP contribution < -0.4 is 0 Å².